The molecule has 2 saturated heterocycles. The monoisotopic (exact) mass is 320 g/mol. The van der Waals surface area contributed by atoms with Crippen molar-refractivity contribution in [3.63, 3.8) is 0 Å². The second kappa shape index (κ2) is 5.53. The number of rotatable bonds is 4. The number of hydrogen-bond donors (Lipinski definition) is 0. The first-order chi connectivity index (χ1) is 11.1. The Kier molecular flexibility index (Phi) is 3.61. The third kappa shape index (κ3) is 2.97. The fraction of sp³-hybridized carbons (Fsp3) is 0.647. The van der Waals surface area contributed by atoms with Crippen LogP contribution in [0, 0.1) is 0 Å². The van der Waals surface area contributed by atoms with E-state index in [2.05, 4.69) is 4.98 Å². The standard InChI is InChI=1S/C17H21FN2O3/c18-17(4-5-17)15(21)20-11-16(12-20)8-14(3-7-23-16)22-10-13-2-1-6-19-9-13/h1-2,6,9,14H,3-5,7-8,10-12H2. The molecule has 1 spiro atoms. The van der Waals surface area contributed by atoms with E-state index >= 15 is 0 Å². The molecule has 1 aromatic rings. The molecule has 6 heteroatoms. The van der Waals surface area contributed by atoms with E-state index in [-0.39, 0.29) is 17.6 Å². The molecule has 3 fully saturated rings. The molecule has 1 atom stereocenters. The normalized spacial score (nSPS) is 27.5. The van der Waals surface area contributed by atoms with Crippen LogP contribution >= 0.6 is 0 Å². The smallest absolute Gasteiger partial charge is 0.260 e. The molecule has 1 unspecified atom stereocenters. The lowest BCUT2D eigenvalue weighted by Crippen LogP contribution is -2.68. The van der Waals surface area contributed by atoms with Crippen molar-refractivity contribution in [3.8, 4) is 0 Å². The number of carbonyl (C=O) groups is 1. The highest BCUT2D eigenvalue weighted by Gasteiger charge is 2.58. The third-order valence-corrected chi connectivity index (χ3v) is 4.97. The van der Waals surface area contributed by atoms with Crippen LogP contribution in [0.2, 0.25) is 0 Å². The Labute approximate surface area is 134 Å². The van der Waals surface area contributed by atoms with Gasteiger partial charge in [-0.15, -0.1) is 0 Å². The molecule has 5 nitrogen and oxygen atoms in total. The van der Waals surface area contributed by atoms with Crippen LogP contribution in [-0.2, 0) is 20.9 Å². The fourth-order valence-electron chi connectivity index (χ4n) is 3.44. The highest BCUT2D eigenvalue weighted by Crippen LogP contribution is 2.44. The highest BCUT2D eigenvalue weighted by molar-refractivity contribution is 5.88. The van der Waals surface area contributed by atoms with Crippen LogP contribution in [0.4, 0.5) is 4.39 Å². The molecule has 3 heterocycles. The molecule has 1 saturated carbocycles. The topological polar surface area (TPSA) is 51.7 Å². The lowest BCUT2D eigenvalue weighted by Gasteiger charge is -2.53. The number of halogens is 1. The Morgan fingerprint density at radius 2 is 2.30 bits per heavy atom. The summed E-state index contributed by atoms with van der Waals surface area (Å²) >= 11 is 0. The van der Waals surface area contributed by atoms with Gasteiger partial charge >= 0.3 is 0 Å². The van der Waals surface area contributed by atoms with Crippen molar-refractivity contribution in [1.82, 2.24) is 9.88 Å². The molecule has 1 amide bonds. The second-order valence-electron chi connectivity index (χ2n) is 6.95. The first-order valence-electron chi connectivity index (χ1n) is 8.21. The van der Waals surface area contributed by atoms with Gasteiger partial charge in [0.2, 0.25) is 0 Å². The maximum Gasteiger partial charge on any atom is 0.260 e. The molecule has 23 heavy (non-hydrogen) atoms. The van der Waals surface area contributed by atoms with E-state index in [9.17, 15) is 9.18 Å². The van der Waals surface area contributed by atoms with Crippen molar-refractivity contribution < 1.29 is 18.7 Å². The minimum atomic E-state index is -1.58. The van der Waals surface area contributed by atoms with E-state index in [0.717, 1.165) is 18.4 Å². The van der Waals surface area contributed by atoms with Crippen LogP contribution in [0.15, 0.2) is 24.5 Å². The van der Waals surface area contributed by atoms with Crippen molar-refractivity contribution in [3.05, 3.63) is 30.1 Å². The summed E-state index contributed by atoms with van der Waals surface area (Å²) in [7, 11) is 0. The van der Waals surface area contributed by atoms with Gasteiger partial charge in [-0.3, -0.25) is 9.78 Å². The molecule has 2 aliphatic heterocycles. The summed E-state index contributed by atoms with van der Waals surface area (Å²) in [5, 5.41) is 0. The molecule has 0 radical (unpaired) electrons. The molecule has 0 bridgehead atoms. The van der Waals surface area contributed by atoms with E-state index in [1.54, 1.807) is 17.3 Å². The van der Waals surface area contributed by atoms with Crippen LogP contribution < -0.4 is 0 Å². The van der Waals surface area contributed by atoms with E-state index in [1.165, 1.54) is 0 Å². The number of nitrogens with zero attached hydrogens (tertiary/aromatic N) is 2. The SMILES string of the molecule is O=C(N1CC2(CC(OCc3cccnc3)CCO2)C1)C1(F)CC1. The Morgan fingerprint density at radius 3 is 3.00 bits per heavy atom. The fourth-order valence-corrected chi connectivity index (χ4v) is 3.44. The van der Waals surface area contributed by atoms with Gasteiger partial charge in [-0.05, 0) is 30.9 Å². The van der Waals surface area contributed by atoms with Crippen molar-refractivity contribution in [2.75, 3.05) is 19.7 Å². The number of alkyl halides is 1. The number of carbonyl (C=O) groups excluding carboxylic acids is 1. The lowest BCUT2D eigenvalue weighted by atomic mass is 9.84. The van der Waals surface area contributed by atoms with Gasteiger partial charge in [0.25, 0.3) is 5.91 Å². The first-order valence-corrected chi connectivity index (χ1v) is 8.21. The molecule has 1 aromatic heterocycles. The number of pyridine rings is 1. The van der Waals surface area contributed by atoms with E-state index in [0.29, 0.717) is 39.1 Å². The number of likely N-dealkylation sites (tertiary alicyclic amines) is 1. The Bertz CT molecular complexity index is 585. The van der Waals surface area contributed by atoms with Gasteiger partial charge in [-0.25, -0.2) is 4.39 Å². The molecule has 4 rings (SSSR count). The van der Waals surface area contributed by atoms with Gasteiger partial charge in [0, 0.05) is 25.4 Å². The van der Waals surface area contributed by atoms with E-state index in [4.69, 9.17) is 9.47 Å². The lowest BCUT2D eigenvalue weighted by molar-refractivity contribution is -0.205. The number of hydrogen-bond acceptors (Lipinski definition) is 4. The zero-order chi connectivity index (χ0) is 15.9. The average molecular weight is 320 g/mol. The summed E-state index contributed by atoms with van der Waals surface area (Å²) in [6.45, 7) is 2.14. The Morgan fingerprint density at radius 1 is 1.48 bits per heavy atom. The highest BCUT2D eigenvalue weighted by atomic mass is 19.1. The largest absolute Gasteiger partial charge is 0.373 e. The van der Waals surface area contributed by atoms with Crippen molar-refractivity contribution >= 4 is 5.91 Å². The predicted octanol–water partition coefficient (Wildman–Crippen LogP) is 1.86. The molecule has 124 valence electrons. The van der Waals surface area contributed by atoms with Crippen LogP contribution in [0.3, 0.4) is 0 Å². The second-order valence-corrected chi connectivity index (χ2v) is 6.95. The summed E-state index contributed by atoms with van der Waals surface area (Å²) in [4.78, 5) is 17.7. The van der Waals surface area contributed by atoms with Crippen LogP contribution in [0.25, 0.3) is 0 Å². The Balaban J connectivity index is 1.29. The number of aromatic nitrogens is 1. The van der Waals surface area contributed by atoms with Crippen molar-refractivity contribution in [2.45, 2.75) is 49.7 Å². The van der Waals surface area contributed by atoms with Gasteiger partial charge in [0.1, 0.15) is 5.60 Å². The van der Waals surface area contributed by atoms with Crippen LogP contribution in [0.5, 0.6) is 0 Å². The zero-order valence-electron chi connectivity index (χ0n) is 13.0. The molecular formula is C17H21FN2O3. The van der Waals surface area contributed by atoms with Crippen molar-refractivity contribution in [2.24, 2.45) is 0 Å². The number of ether oxygens (including phenoxy) is 2. The molecule has 1 aliphatic carbocycles. The minimum absolute atomic E-state index is 0.112. The summed E-state index contributed by atoms with van der Waals surface area (Å²) in [6, 6.07) is 3.88. The predicted molar refractivity (Wildman–Crippen MR) is 80.4 cm³/mol. The Hall–Kier alpha value is -1.53. The zero-order valence-corrected chi connectivity index (χ0v) is 13.0. The third-order valence-electron chi connectivity index (χ3n) is 4.97. The minimum Gasteiger partial charge on any atom is -0.373 e. The quantitative estimate of drug-likeness (QED) is 0.850. The summed E-state index contributed by atoms with van der Waals surface area (Å²) in [6.07, 6.45) is 6.00. The van der Waals surface area contributed by atoms with Crippen molar-refractivity contribution in [1.29, 1.82) is 0 Å². The summed E-state index contributed by atoms with van der Waals surface area (Å²) in [5.74, 6) is -0.356. The summed E-state index contributed by atoms with van der Waals surface area (Å²) < 4.78 is 25.7. The molecule has 3 aliphatic rings. The van der Waals surface area contributed by atoms with Gasteiger partial charge in [-0.1, -0.05) is 6.07 Å². The maximum atomic E-state index is 13.8. The molecule has 0 aromatic carbocycles. The maximum absolute atomic E-state index is 13.8. The van der Waals surface area contributed by atoms with Gasteiger partial charge in [-0.2, -0.15) is 0 Å². The average Bonchev–Trinajstić information content (AvgIpc) is 3.30. The first kappa shape index (κ1) is 15.0. The van der Waals surface area contributed by atoms with E-state index in [1.807, 2.05) is 12.1 Å². The van der Waals surface area contributed by atoms with Gasteiger partial charge in [0.05, 0.1) is 25.8 Å². The number of amides is 1. The van der Waals surface area contributed by atoms with Crippen LogP contribution in [-0.4, -0.2) is 52.9 Å². The van der Waals surface area contributed by atoms with E-state index < -0.39 is 5.67 Å². The molecule has 0 N–H and O–H groups in total. The van der Waals surface area contributed by atoms with Gasteiger partial charge < -0.3 is 14.4 Å². The van der Waals surface area contributed by atoms with Crippen LogP contribution in [0.1, 0.15) is 31.2 Å². The summed E-state index contributed by atoms with van der Waals surface area (Å²) in [5.41, 5.74) is -0.864. The van der Waals surface area contributed by atoms with Gasteiger partial charge in [0.15, 0.2) is 5.67 Å². The molecular weight excluding hydrogens is 299 g/mol.